The van der Waals surface area contributed by atoms with Crippen molar-refractivity contribution in [3.05, 3.63) is 0 Å². The van der Waals surface area contributed by atoms with E-state index in [1.165, 1.54) is 9.21 Å². The quantitative estimate of drug-likeness (QED) is 0.704. The number of piperazine rings is 1. The van der Waals surface area contributed by atoms with Gasteiger partial charge in [0.2, 0.25) is 10.0 Å². The molecule has 1 aliphatic rings. The Morgan fingerprint density at radius 3 is 2.20 bits per heavy atom. The molecule has 8 nitrogen and oxygen atoms in total. The second-order valence-corrected chi connectivity index (χ2v) is 6.76. The van der Waals surface area contributed by atoms with Gasteiger partial charge in [0.25, 0.3) is 0 Å². The van der Waals surface area contributed by atoms with E-state index < -0.39 is 21.9 Å². The summed E-state index contributed by atoms with van der Waals surface area (Å²) in [5.41, 5.74) is 0. The van der Waals surface area contributed by atoms with Crippen molar-refractivity contribution in [1.29, 1.82) is 0 Å². The first-order chi connectivity index (χ1) is 9.25. The van der Waals surface area contributed by atoms with Crippen LogP contribution < -0.4 is 5.32 Å². The lowest BCUT2D eigenvalue weighted by atomic mass is 10.1. The molecule has 1 atom stereocenters. The van der Waals surface area contributed by atoms with Crippen LogP contribution in [0.1, 0.15) is 13.3 Å². The van der Waals surface area contributed by atoms with Crippen LogP contribution in [0.4, 0.5) is 4.79 Å². The molecule has 1 aliphatic heterocycles. The van der Waals surface area contributed by atoms with Crippen LogP contribution in [0.5, 0.6) is 0 Å². The van der Waals surface area contributed by atoms with Gasteiger partial charge in [-0.15, -0.1) is 0 Å². The van der Waals surface area contributed by atoms with Gasteiger partial charge in [0.15, 0.2) is 0 Å². The van der Waals surface area contributed by atoms with Gasteiger partial charge in [0.1, 0.15) is 0 Å². The highest BCUT2D eigenvalue weighted by Crippen LogP contribution is 2.07. The van der Waals surface area contributed by atoms with E-state index in [4.69, 9.17) is 5.11 Å². The summed E-state index contributed by atoms with van der Waals surface area (Å²) < 4.78 is 24.0. The summed E-state index contributed by atoms with van der Waals surface area (Å²) >= 11 is 0. The summed E-state index contributed by atoms with van der Waals surface area (Å²) in [6, 6.07) is -0.349. The topological polar surface area (TPSA) is 107 Å². The molecule has 0 aliphatic carbocycles. The molecular weight excluding hydrogens is 286 g/mol. The van der Waals surface area contributed by atoms with Crippen LogP contribution in [0.15, 0.2) is 0 Å². The van der Waals surface area contributed by atoms with Crippen molar-refractivity contribution in [3.8, 4) is 0 Å². The minimum absolute atomic E-state index is 0.0803. The Hall–Kier alpha value is -1.35. The van der Waals surface area contributed by atoms with Crippen LogP contribution in [-0.2, 0) is 14.8 Å². The third kappa shape index (κ3) is 4.64. The van der Waals surface area contributed by atoms with Crippen LogP contribution in [0, 0.1) is 5.92 Å². The summed E-state index contributed by atoms with van der Waals surface area (Å²) in [5.74, 6) is -1.54. The maximum atomic E-state index is 11.9. The number of carboxylic acid groups (broad SMARTS) is 1. The van der Waals surface area contributed by atoms with Crippen LogP contribution in [0.25, 0.3) is 0 Å². The lowest BCUT2D eigenvalue weighted by Gasteiger charge is -2.33. The number of nitrogens with zero attached hydrogens (tertiary/aromatic N) is 2. The van der Waals surface area contributed by atoms with E-state index in [2.05, 4.69) is 5.32 Å². The molecule has 9 heteroatoms. The zero-order valence-corrected chi connectivity index (χ0v) is 12.5. The van der Waals surface area contributed by atoms with Crippen molar-refractivity contribution in [2.45, 2.75) is 13.3 Å². The van der Waals surface area contributed by atoms with Gasteiger partial charge in [-0.25, -0.2) is 13.2 Å². The van der Waals surface area contributed by atoms with E-state index >= 15 is 0 Å². The first-order valence-corrected chi connectivity index (χ1v) is 8.31. The SMILES string of the molecule is CCC(CNC(=O)N1CCN(S(C)(=O)=O)CC1)C(=O)O. The number of amides is 2. The number of urea groups is 1. The van der Waals surface area contributed by atoms with Crippen LogP contribution in [0.3, 0.4) is 0 Å². The van der Waals surface area contributed by atoms with Crippen molar-refractivity contribution >= 4 is 22.0 Å². The predicted octanol–water partition coefficient (Wildman–Crippen LogP) is -0.616. The van der Waals surface area contributed by atoms with Gasteiger partial charge in [0, 0.05) is 32.7 Å². The number of aliphatic carboxylic acids is 1. The zero-order chi connectivity index (χ0) is 15.3. The highest BCUT2D eigenvalue weighted by molar-refractivity contribution is 7.88. The average molecular weight is 307 g/mol. The molecule has 116 valence electrons. The lowest BCUT2D eigenvalue weighted by molar-refractivity contribution is -0.141. The summed E-state index contributed by atoms with van der Waals surface area (Å²) in [6.07, 6.45) is 1.58. The van der Waals surface area contributed by atoms with Gasteiger partial charge >= 0.3 is 12.0 Å². The predicted molar refractivity (Wildman–Crippen MR) is 72.8 cm³/mol. The molecule has 0 spiro atoms. The van der Waals surface area contributed by atoms with Crippen LogP contribution >= 0.6 is 0 Å². The first kappa shape index (κ1) is 16.7. The molecule has 0 radical (unpaired) electrons. The Bertz CT molecular complexity index is 457. The van der Waals surface area contributed by atoms with E-state index in [-0.39, 0.29) is 25.7 Å². The fourth-order valence-corrected chi connectivity index (χ4v) is 2.78. The number of hydrogen-bond acceptors (Lipinski definition) is 4. The highest BCUT2D eigenvalue weighted by Gasteiger charge is 2.26. The number of nitrogens with one attached hydrogen (secondary N) is 1. The Morgan fingerprint density at radius 2 is 1.80 bits per heavy atom. The van der Waals surface area contributed by atoms with Crippen molar-refractivity contribution < 1.29 is 23.1 Å². The summed E-state index contributed by atoms with van der Waals surface area (Å²) in [5, 5.41) is 11.5. The first-order valence-electron chi connectivity index (χ1n) is 6.46. The van der Waals surface area contributed by atoms with Crippen molar-refractivity contribution in [3.63, 3.8) is 0 Å². The van der Waals surface area contributed by atoms with Gasteiger partial charge in [-0.1, -0.05) is 6.92 Å². The molecule has 0 aromatic carbocycles. The number of hydrogen-bond donors (Lipinski definition) is 2. The lowest BCUT2D eigenvalue weighted by Crippen LogP contribution is -2.53. The molecular formula is C11H21N3O5S. The van der Waals surface area contributed by atoms with E-state index in [0.717, 1.165) is 6.26 Å². The molecule has 1 fully saturated rings. The molecule has 0 aromatic rings. The minimum Gasteiger partial charge on any atom is -0.481 e. The molecule has 0 saturated carbocycles. The van der Waals surface area contributed by atoms with Crippen molar-refractivity contribution in [2.75, 3.05) is 39.0 Å². The standard InChI is InChI=1S/C11H21N3O5S/c1-3-9(10(15)16)8-12-11(17)13-4-6-14(7-5-13)20(2,18)19/h9H,3-8H2,1-2H3,(H,12,17)(H,15,16). The molecule has 1 unspecified atom stereocenters. The van der Waals surface area contributed by atoms with Crippen LogP contribution in [0.2, 0.25) is 0 Å². The average Bonchev–Trinajstić information content (AvgIpc) is 2.38. The zero-order valence-electron chi connectivity index (χ0n) is 11.7. The van der Waals surface area contributed by atoms with E-state index in [1.54, 1.807) is 6.92 Å². The summed E-state index contributed by atoms with van der Waals surface area (Å²) in [4.78, 5) is 24.2. The number of rotatable bonds is 5. The Balaban J connectivity index is 2.42. The largest absolute Gasteiger partial charge is 0.481 e. The van der Waals surface area contributed by atoms with Crippen LogP contribution in [-0.4, -0.2) is 73.7 Å². The second-order valence-electron chi connectivity index (χ2n) is 4.78. The second kappa shape index (κ2) is 6.89. The Morgan fingerprint density at radius 1 is 1.25 bits per heavy atom. The molecule has 1 heterocycles. The molecule has 1 rings (SSSR count). The molecule has 20 heavy (non-hydrogen) atoms. The minimum atomic E-state index is -3.22. The molecule has 1 saturated heterocycles. The fourth-order valence-electron chi connectivity index (χ4n) is 1.95. The van der Waals surface area contributed by atoms with E-state index in [1.807, 2.05) is 0 Å². The highest BCUT2D eigenvalue weighted by atomic mass is 32.2. The van der Waals surface area contributed by atoms with Gasteiger partial charge in [-0.2, -0.15) is 4.31 Å². The maximum absolute atomic E-state index is 11.9. The van der Waals surface area contributed by atoms with Gasteiger partial charge in [-0.3, -0.25) is 4.79 Å². The van der Waals surface area contributed by atoms with Crippen molar-refractivity contribution in [2.24, 2.45) is 5.92 Å². The third-order valence-electron chi connectivity index (χ3n) is 3.34. The fraction of sp³-hybridized carbons (Fsp3) is 0.818. The Kier molecular flexibility index (Phi) is 5.75. The number of sulfonamides is 1. The van der Waals surface area contributed by atoms with Crippen molar-refractivity contribution in [1.82, 2.24) is 14.5 Å². The molecule has 2 amide bonds. The Labute approximate surface area is 118 Å². The molecule has 2 N–H and O–H groups in total. The van der Waals surface area contributed by atoms with E-state index in [0.29, 0.717) is 19.5 Å². The normalized spacial score (nSPS) is 18.6. The summed E-state index contributed by atoms with van der Waals surface area (Å²) in [6.45, 7) is 2.98. The number of carbonyl (C=O) groups is 2. The van der Waals surface area contributed by atoms with E-state index in [9.17, 15) is 18.0 Å². The maximum Gasteiger partial charge on any atom is 0.317 e. The molecule has 0 aromatic heterocycles. The van der Waals surface area contributed by atoms with Gasteiger partial charge in [0.05, 0.1) is 12.2 Å². The number of carbonyl (C=O) groups excluding carboxylic acids is 1. The van der Waals surface area contributed by atoms with Gasteiger partial charge < -0.3 is 15.3 Å². The summed E-state index contributed by atoms with van der Waals surface area (Å²) in [7, 11) is -3.22. The molecule has 0 bridgehead atoms. The monoisotopic (exact) mass is 307 g/mol. The van der Waals surface area contributed by atoms with Gasteiger partial charge in [-0.05, 0) is 6.42 Å². The number of carboxylic acids is 1. The smallest absolute Gasteiger partial charge is 0.317 e. The third-order valence-corrected chi connectivity index (χ3v) is 4.64.